The molecule has 0 aliphatic carbocycles. The van der Waals surface area contributed by atoms with Crippen LogP contribution < -0.4 is 0 Å². The summed E-state index contributed by atoms with van der Waals surface area (Å²) in [4.78, 5) is 20.8. The molecule has 0 saturated carbocycles. The molecule has 0 saturated heterocycles. The summed E-state index contributed by atoms with van der Waals surface area (Å²) in [5, 5.41) is 0. The number of Topliss-reactive ketones (excluding diaryl/α,β-unsaturated/α-hetero) is 1. The van der Waals surface area contributed by atoms with E-state index in [4.69, 9.17) is 0 Å². The van der Waals surface area contributed by atoms with Gasteiger partial charge in [-0.05, 0) is 55.1 Å². The summed E-state index contributed by atoms with van der Waals surface area (Å²) in [7, 11) is 0. The van der Waals surface area contributed by atoms with Gasteiger partial charge in [-0.15, -0.1) is 0 Å². The van der Waals surface area contributed by atoms with Gasteiger partial charge in [-0.3, -0.25) is 14.8 Å². The summed E-state index contributed by atoms with van der Waals surface area (Å²) in [6.45, 7) is 3.82. The van der Waals surface area contributed by atoms with Crippen LogP contribution >= 0.6 is 31.9 Å². The largest absolute Gasteiger partial charge is 0.298 e. The van der Waals surface area contributed by atoms with Gasteiger partial charge in [-0.2, -0.15) is 0 Å². The number of hydrogen-bond acceptors (Lipinski definition) is 3. The molecule has 5 heteroatoms. The van der Waals surface area contributed by atoms with E-state index in [2.05, 4.69) is 41.8 Å². The monoisotopic (exact) mass is 396 g/mol. The maximum atomic E-state index is 12.6. The zero-order chi connectivity index (χ0) is 14.7. The van der Waals surface area contributed by atoms with Crippen molar-refractivity contribution in [3.8, 4) is 0 Å². The highest BCUT2D eigenvalue weighted by molar-refractivity contribution is 9.10. The van der Waals surface area contributed by atoms with Gasteiger partial charge in [0.2, 0.25) is 0 Å². The molecule has 0 N–H and O–H groups in total. The fourth-order valence-corrected chi connectivity index (χ4v) is 2.80. The van der Waals surface area contributed by atoms with Crippen LogP contribution in [0.3, 0.4) is 0 Å². The molecule has 2 aromatic heterocycles. The van der Waals surface area contributed by atoms with Gasteiger partial charge in [0.15, 0.2) is 0 Å². The van der Waals surface area contributed by atoms with Crippen LogP contribution in [0.15, 0.2) is 45.9 Å². The molecular weight excluding hydrogens is 384 g/mol. The molecule has 0 aliphatic rings. The van der Waals surface area contributed by atoms with Crippen LogP contribution in [0, 0.1) is 0 Å². The van der Waals surface area contributed by atoms with Gasteiger partial charge >= 0.3 is 0 Å². The van der Waals surface area contributed by atoms with Crippen molar-refractivity contribution in [1.29, 1.82) is 0 Å². The van der Waals surface area contributed by atoms with Crippen LogP contribution in [0.2, 0.25) is 0 Å². The third-order valence-electron chi connectivity index (χ3n) is 3.31. The summed E-state index contributed by atoms with van der Waals surface area (Å²) >= 11 is 6.76. The second kappa shape index (κ2) is 6.59. The summed E-state index contributed by atoms with van der Waals surface area (Å²) in [6.07, 6.45) is 6.89. The van der Waals surface area contributed by atoms with E-state index in [1.54, 1.807) is 24.8 Å². The average molecular weight is 398 g/mol. The minimum Gasteiger partial charge on any atom is -0.298 e. The highest BCUT2D eigenvalue weighted by Gasteiger charge is 2.23. The minimum atomic E-state index is -0.200. The lowest BCUT2D eigenvalue weighted by molar-refractivity contribution is -0.121. The quantitative estimate of drug-likeness (QED) is 0.763. The Balaban J connectivity index is 2.22. The number of nitrogens with zero attached hydrogens (tertiary/aromatic N) is 2. The standard InChI is InChI=1S/C15H14Br2N2O/c1-9(11-3-13(16)7-18-5-11)15(20)10(2)12-4-14(17)8-19-6-12/h3-10H,1-2H3. The first-order valence-electron chi connectivity index (χ1n) is 6.23. The van der Waals surface area contributed by atoms with Crippen molar-refractivity contribution in [2.45, 2.75) is 25.7 Å². The molecular formula is C15H14Br2N2O. The Morgan fingerprint density at radius 1 is 0.900 bits per heavy atom. The maximum Gasteiger partial charge on any atom is 0.147 e. The second-order valence-corrected chi connectivity index (χ2v) is 6.55. The Bertz CT molecular complexity index is 577. The predicted molar refractivity (Wildman–Crippen MR) is 85.7 cm³/mol. The Kier molecular flexibility index (Phi) is 5.05. The van der Waals surface area contributed by atoms with Gasteiger partial charge in [0, 0.05) is 45.6 Å². The lowest BCUT2D eigenvalue weighted by Crippen LogP contribution is -2.17. The number of hydrogen-bond donors (Lipinski definition) is 0. The van der Waals surface area contributed by atoms with Gasteiger partial charge in [0.1, 0.15) is 5.78 Å². The molecule has 20 heavy (non-hydrogen) atoms. The van der Waals surface area contributed by atoms with Gasteiger partial charge in [0.05, 0.1) is 0 Å². The van der Waals surface area contributed by atoms with Crippen molar-refractivity contribution in [3.63, 3.8) is 0 Å². The Morgan fingerprint density at radius 3 is 1.65 bits per heavy atom. The highest BCUT2D eigenvalue weighted by Crippen LogP contribution is 2.27. The van der Waals surface area contributed by atoms with Gasteiger partial charge in [0.25, 0.3) is 0 Å². The van der Waals surface area contributed by atoms with Crippen LogP contribution in [-0.2, 0) is 4.79 Å². The van der Waals surface area contributed by atoms with E-state index in [0.29, 0.717) is 0 Å². The molecule has 0 aliphatic heterocycles. The molecule has 0 radical (unpaired) electrons. The molecule has 0 aromatic carbocycles. The number of pyridine rings is 2. The number of halogens is 2. The topological polar surface area (TPSA) is 42.9 Å². The second-order valence-electron chi connectivity index (χ2n) is 4.72. The number of carbonyl (C=O) groups is 1. The zero-order valence-corrected chi connectivity index (χ0v) is 14.3. The van der Waals surface area contributed by atoms with Gasteiger partial charge < -0.3 is 0 Å². The van der Waals surface area contributed by atoms with Crippen LogP contribution in [0.4, 0.5) is 0 Å². The molecule has 2 rings (SSSR count). The van der Waals surface area contributed by atoms with E-state index in [-0.39, 0.29) is 17.6 Å². The van der Waals surface area contributed by atoms with Crippen LogP contribution in [0.5, 0.6) is 0 Å². The molecule has 0 amide bonds. The summed E-state index contributed by atoms with van der Waals surface area (Å²) in [5.74, 6) is -0.243. The first-order valence-corrected chi connectivity index (χ1v) is 7.82. The zero-order valence-electron chi connectivity index (χ0n) is 11.2. The number of rotatable bonds is 4. The number of ketones is 1. The van der Waals surface area contributed by atoms with Crippen molar-refractivity contribution in [3.05, 3.63) is 57.0 Å². The molecule has 0 bridgehead atoms. The molecule has 104 valence electrons. The van der Waals surface area contributed by atoms with E-state index in [1.807, 2.05) is 26.0 Å². The first kappa shape index (κ1) is 15.3. The minimum absolute atomic E-state index is 0.157. The van der Waals surface area contributed by atoms with Crippen molar-refractivity contribution in [2.24, 2.45) is 0 Å². The Morgan fingerprint density at radius 2 is 1.30 bits per heavy atom. The summed E-state index contributed by atoms with van der Waals surface area (Å²) in [6, 6.07) is 3.86. The Labute approximate surface area is 135 Å². The average Bonchev–Trinajstić information content (AvgIpc) is 2.45. The molecule has 2 heterocycles. The number of carbonyl (C=O) groups excluding carboxylic acids is 1. The third-order valence-corrected chi connectivity index (χ3v) is 4.17. The summed E-state index contributed by atoms with van der Waals surface area (Å²) < 4.78 is 1.76. The molecule has 3 nitrogen and oxygen atoms in total. The van der Waals surface area contributed by atoms with Crippen LogP contribution in [0.25, 0.3) is 0 Å². The van der Waals surface area contributed by atoms with Gasteiger partial charge in [-0.1, -0.05) is 13.8 Å². The van der Waals surface area contributed by atoms with E-state index in [0.717, 1.165) is 20.1 Å². The molecule has 0 fully saturated rings. The van der Waals surface area contributed by atoms with Crippen LogP contribution in [-0.4, -0.2) is 15.8 Å². The van der Waals surface area contributed by atoms with E-state index in [1.165, 1.54) is 0 Å². The summed E-state index contributed by atoms with van der Waals surface area (Å²) in [5.41, 5.74) is 1.83. The van der Waals surface area contributed by atoms with E-state index in [9.17, 15) is 4.79 Å². The SMILES string of the molecule is CC(C(=O)C(C)c1cncc(Br)c1)c1cncc(Br)c1. The Hall–Kier alpha value is -1.07. The highest BCUT2D eigenvalue weighted by atomic mass is 79.9. The fraction of sp³-hybridized carbons (Fsp3) is 0.267. The van der Waals surface area contributed by atoms with Crippen molar-refractivity contribution in [2.75, 3.05) is 0 Å². The molecule has 2 atom stereocenters. The molecule has 2 aromatic rings. The molecule has 2 unspecified atom stereocenters. The van der Waals surface area contributed by atoms with Crippen molar-refractivity contribution in [1.82, 2.24) is 9.97 Å². The van der Waals surface area contributed by atoms with Crippen LogP contribution in [0.1, 0.15) is 36.8 Å². The lowest BCUT2D eigenvalue weighted by Gasteiger charge is -2.17. The first-order chi connectivity index (χ1) is 9.49. The maximum absolute atomic E-state index is 12.6. The van der Waals surface area contributed by atoms with E-state index >= 15 is 0 Å². The third kappa shape index (κ3) is 3.52. The van der Waals surface area contributed by atoms with E-state index < -0.39 is 0 Å². The number of aromatic nitrogens is 2. The lowest BCUT2D eigenvalue weighted by atomic mass is 9.87. The van der Waals surface area contributed by atoms with Crippen molar-refractivity contribution < 1.29 is 4.79 Å². The predicted octanol–water partition coefficient (Wildman–Crippen LogP) is 4.48. The smallest absolute Gasteiger partial charge is 0.147 e. The van der Waals surface area contributed by atoms with Crippen molar-refractivity contribution >= 4 is 37.6 Å². The van der Waals surface area contributed by atoms with Gasteiger partial charge in [-0.25, -0.2) is 0 Å². The fourth-order valence-electron chi connectivity index (χ4n) is 2.03. The molecule has 0 spiro atoms. The normalized spacial score (nSPS) is 13.8.